The fourth-order valence-electron chi connectivity index (χ4n) is 2.54. The number of carbonyl (C=O) groups is 2. The summed E-state index contributed by atoms with van der Waals surface area (Å²) in [5.74, 6) is -0.420. The highest BCUT2D eigenvalue weighted by molar-refractivity contribution is 7.98. The van der Waals surface area contributed by atoms with Crippen molar-refractivity contribution in [2.75, 3.05) is 10.6 Å². The molecular weight excluding hydrogens is 375 g/mol. The van der Waals surface area contributed by atoms with Crippen LogP contribution in [-0.4, -0.2) is 11.8 Å². The zero-order chi connectivity index (χ0) is 19.9. The lowest BCUT2D eigenvalue weighted by atomic mass is 10.2. The largest absolute Gasteiger partial charge is 0.326 e. The second-order valence-corrected chi connectivity index (χ2v) is 7.18. The Hall–Kier alpha value is -3.12. The quantitative estimate of drug-likeness (QED) is 0.556. The van der Waals surface area contributed by atoms with Crippen molar-refractivity contribution in [3.05, 3.63) is 89.7 Å². The molecule has 3 aromatic rings. The minimum Gasteiger partial charge on any atom is -0.326 e. The van der Waals surface area contributed by atoms with Crippen LogP contribution in [0.4, 0.5) is 15.8 Å². The van der Waals surface area contributed by atoms with Gasteiger partial charge in [0.25, 0.3) is 5.91 Å². The van der Waals surface area contributed by atoms with Crippen molar-refractivity contribution in [3.8, 4) is 0 Å². The molecule has 0 saturated carbocycles. The molecule has 6 heteroatoms. The van der Waals surface area contributed by atoms with Crippen LogP contribution in [0.1, 0.15) is 22.8 Å². The van der Waals surface area contributed by atoms with E-state index in [2.05, 4.69) is 22.8 Å². The standard InChI is InChI=1S/C22H19FN2O2S/c1-15(26)24-18-9-12-20(23)21(13-18)25-22(27)17-7-10-19(11-8-17)28-14-16-5-3-2-4-6-16/h2-13H,14H2,1H3,(H,24,26)(H,25,27). The molecule has 28 heavy (non-hydrogen) atoms. The molecule has 4 nitrogen and oxygen atoms in total. The number of nitrogens with one attached hydrogen (secondary N) is 2. The van der Waals surface area contributed by atoms with Crippen LogP contribution in [0.25, 0.3) is 0 Å². The molecule has 142 valence electrons. The van der Waals surface area contributed by atoms with Gasteiger partial charge in [-0.1, -0.05) is 30.3 Å². The molecule has 0 bridgehead atoms. The van der Waals surface area contributed by atoms with E-state index in [1.807, 2.05) is 30.3 Å². The van der Waals surface area contributed by atoms with Gasteiger partial charge >= 0.3 is 0 Å². The number of halogens is 1. The summed E-state index contributed by atoms with van der Waals surface area (Å²) in [7, 11) is 0. The maximum Gasteiger partial charge on any atom is 0.255 e. The first-order chi connectivity index (χ1) is 13.5. The first kappa shape index (κ1) is 19.6. The van der Waals surface area contributed by atoms with Gasteiger partial charge in [0.05, 0.1) is 5.69 Å². The van der Waals surface area contributed by atoms with E-state index in [0.29, 0.717) is 11.3 Å². The van der Waals surface area contributed by atoms with Crippen LogP contribution in [0.15, 0.2) is 77.7 Å². The molecular formula is C22H19FN2O2S. The van der Waals surface area contributed by atoms with E-state index in [9.17, 15) is 14.0 Å². The van der Waals surface area contributed by atoms with Crippen molar-refractivity contribution in [3.63, 3.8) is 0 Å². The summed E-state index contributed by atoms with van der Waals surface area (Å²) in [4.78, 5) is 24.6. The maximum absolute atomic E-state index is 14.0. The van der Waals surface area contributed by atoms with Gasteiger partial charge in [-0.2, -0.15) is 0 Å². The monoisotopic (exact) mass is 394 g/mol. The highest BCUT2D eigenvalue weighted by Gasteiger charge is 2.11. The van der Waals surface area contributed by atoms with Crippen LogP contribution in [-0.2, 0) is 10.5 Å². The van der Waals surface area contributed by atoms with Gasteiger partial charge in [0.2, 0.25) is 5.91 Å². The third kappa shape index (κ3) is 5.44. The van der Waals surface area contributed by atoms with Crippen molar-refractivity contribution < 1.29 is 14.0 Å². The first-order valence-electron chi connectivity index (χ1n) is 8.66. The molecule has 0 spiro atoms. The molecule has 0 aliphatic rings. The van der Waals surface area contributed by atoms with E-state index in [1.165, 1.54) is 30.7 Å². The minimum absolute atomic E-state index is 0.0128. The van der Waals surface area contributed by atoms with Gasteiger partial charge in [-0.3, -0.25) is 9.59 Å². The van der Waals surface area contributed by atoms with Crippen LogP contribution >= 0.6 is 11.8 Å². The van der Waals surface area contributed by atoms with Crippen molar-refractivity contribution in [2.24, 2.45) is 0 Å². The Morgan fingerprint density at radius 3 is 2.32 bits per heavy atom. The maximum atomic E-state index is 14.0. The number of amides is 2. The van der Waals surface area contributed by atoms with Crippen molar-refractivity contribution in [1.82, 2.24) is 0 Å². The van der Waals surface area contributed by atoms with E-state index in [-0.39, 0.29) is 11.6 Å². The summed E-state index contributed by atoms with van der Waals surface area (Å²) in [6, 6.07) is 21.3. The normalized spacial score (nSPS) is 10.4. The summed E-state index contributed by atoms with van der Waals surface area (Å²) in [6.07, 6.45) is 0. The van der Waals surface area contributed by atoms with Gasteiger partial charge in [-0.05, 0) is 48.0 Å². The zero-order valence-electron chi connectivity index (χ0n) is 15.2. The Morgan fingerprint density at radius 2 is 1.64 bits per heavy atom. The van der Waals surface area contributed by atoms with E-state index < -0.39 is 11.7 Å². The second-order valence-electron chi connectivity index (χ2n) is 6.13. The molecule has 3 aromatic carbocycles. The predicted molar refractivity (Wildman–Crippen MR) is 111 cm³/mol. The lowest BCUT2D eigenvalue weighted by Gasteiger charge is -2.10. The average Bonchev–Trinajstić information content (AvgIpc) is 2.69. The van der Waals surface area contributed by atoms with Crippen LogP contribution in [0.3, 0.4) is 0 Å². The Bertz CT molecular complexity index is 976. The second kappa shape index (κ2) is 9.19. The molecule has 0 aliphatic heterocycles. The molecule has 0 atom stereocenters. The molecule has 3 rings (SSSR count). The number of hydrogen-bond donors (Lipinski definition) is 2. The SMILES string of the molecule is CC(=O)Nc1ccc(F)c(NC(=O)c2ccc(SCc3ccccc3)cc2)c1. The lowest BCUT2D eigenvalue weighted by Crippen LogP contribution is -2.13. The molecule has 0 heterocycles. The van der Waals surface area contributed by atoms with Crippen LogP contribution in [0.2, 0.25) is 0 Å². The molecule has 0 fully saturated rings. The molecule has 0 radical (unpaired) electrons. The predicted octanol–water partition coefficient (Wildman–Crippen LogP) is 5.33. The molecule has 0 saturated heterocycles. The Kier molecular flexibility index (Phi) is 6.45. The van der Waals surface area contributed by atoms with Crippen LogP contribution < -0.4 is 10.6 Å². The average molecular weight is 394 g/mol. The van der Waals surface area contributed by atoms with Gasteiger partial charge in [0.1, 0.15) is 5.82 Å². The minimum atomic E-state index is -0.572. The Balaban J connectivity index is 1.64. The van der Waals surface area contributed by atoms with Gasteiger partial charge in [0.15, 0.2) is 0 Å². The number of carbonyl (C=O) groups excluding carboxylic acids is 2. The molecule has 0 aromatic heterocycles. The number of rotatable bonds is 6. The number of benzene rings is 3. The van der Waals surface area contributed by atoms with E-state index in [1.54, 1.807) is 23.9 Å². The lowest BCUT2D eigenvalue weighted by molar-refractivity contribution is -0.114. The van der Waals surface area contributed by atoms with Crippen molar-refractivity contribution in [1.29, 1.82) is 0 Å². The fourth-order valence-corrected chi connectivity index (χ4v) is 3.39. The van der Waals surface area contributed by atoms with E-state index >= 15 is 0 Å². The summed E-state index contributed by atoms with van der Waals surface area (Å²) < 4.78 is 14.0. The van der Waals surface area contributed by atoms with Gasteiger partial charge in [-0.25, -0.2) is 4.39 Å². The topological polar surface area (TPSA) is 58.2 Å². The van der Waals surface area contributed by atoms with Gasteiger partial charge in [-0.15, -0.1) is 11.8 Å². The van der Waals surface area contributed by atoms with Crippen molar-refractivity contribution in [2.45, 2.75) is 17.6 Å². The number of anilines is 2. The summed E-state index contributed by atoms with van der Waals surface area (Å²) in [6.45, 7) is 1.36. The van der Waals surface area contributed by atoms with E-state index in [0.717, 1.165) is 10.6 Å². The summed E-state index contributed by atoms with van der Waals surface area (Å²) in [5.41, 5.74) is 2.08. The third-order valence-corrected chi connectivity index (χ3v) is 4.98. The molecule has 0 aliphatic carbocycles. The molecule has 2 amide bonds. The highest BCUT2D eigenvalue weighted by atomic mass is 32.2. The van der Waals surface area contributed by atoms with Gasteiger partial charge in [0, 0.05) is 28.8 Å². The van der Waals surface area contributed by atoms with E-state index in [4.69, 9.17) is 0 Å². The van der Waals surface area contributed by atoms with Crippen molar-refractivity contribution >= 4 is 35.0 Å². The van der Waals surface area contributed by atoms with Crippen LogP contribution in [0.5, 0.6) is 0 Å². The zero-order valence-corrected chi connectivity index (χ0v) is 16.1. The number of hydrogen-bond acceptors (Lipinski definition) is 3. The highest BCUT2D eigenvalue weighted by Crippen LogP contribution is 2.24. The third-order valence-electron chi connectivity index (χ3n) is 3.90. The Morgan fingerprint density at radius 1 is 0.929 bits per heavy atom. The smallest absolute Gasteiger partial charge is 0.255 e. The summed E-state index contributed by atoms with van der Waals surface area (Å²) in [5, 5.41) is 5.11. The number of thioether (sulfide) groups is 1. The fraction of sp³-hybridized carbons (Fsp3) is 0.0909. The van der Waals surface area contributed by atoms with Gasteiger partial charge < -0.3 is 10.6 Å². The van der Waals surface area contributed by atoms with Crippen LogP contribution in [0, 0.1) is 5.82 Å². The molecule has 2 N–H and O–H groups in total. The molecule has 0 unspecified atom stereocenters. The Labute approximate surface area is 167 Å². The first-order valence-corrected chi connectivity index (χ1v) is 9.65. The summed E-state index contributed by atoms with van der Waals surface area (Å²) >= 11 is 1.68.